The van der Waals surface area contributed by atoms with Gasteiger partial charge in [-0.3, -0.25) is 9.80 Å². The molecule has 0 saturated heterocycles. The van der Waals surface area contributed by atoms with Gasteiger partial charge in [-0.25, -0.2) is 0 Å². The van der Waals surface area contributed by atoms with E-state index in [0.717, 1.165) is 22.7 Å². The molecule has 124 valence electrons. The van der Waals surface area contributed by atoms with Crippen LogP contribution in [0.25, 0.3) is 0 Å². The minimum absolute atomic E-state index is 0.0119. The monoisotopic (exact) mass is 325 g/mol. The number of anilines is 2. The third-order valence-electron chi connectivity index (χ3n) is 3.78. The van der Waals surface area contributed by atoms with E-state index in [4.69, 9.17) is 9.47 Å². The zero-order valence-corrected chi connectivity index (χ0v) is 13.7. The normalized spacial score (nSPS) is 14.1. The van der Waals surface area contributed by atoms with Crippen LogP contribution < -0.4 is 19.8 Å². The maximum Gasteiger partial charge on any atom is 0.226 e. The van der Waals surface area contributed by atoms with Crippen molar-refractivity contribution < 1.29 is 14.3 Å². The summed E-state index contributed by atoms with van der Waals surface area (Å²) in [7, 11) is 3.22. The van der Waals surface area contributed by atoms with E-state index in [9.17, 15) is 4.79 Å². The second kappa shape index (κ2) is 7.04. The number of nitrogens with zero attached hydrogens (tertiary/aromatic N) is 2. The maximum atomic E-state index is 11.8. The van der Waals surface area contributed by atoms with Crippen molar-refractivity contribution in [1.29, 1.82) is 0 Å². The number of hydrazone groups is 1. The Labute approximate surface area is 140 Å². The molecule has 0 unspecified atom stereocenters. The summed E-state index contributed by atoms with van der Waals surface area (Å²) in [5.41, 5.74) is 2.46. The molecule has 0 radical (unpaired) electrons. The van der Waals surface area contributed by atoms with Crippen LogP contribution in [0.3, 0.4) is 0 Å². The lowest BCUT2D eigenvalue weighted by Gasteiger charge is -2.18. The Hall–Kier alpha value is -3.02. The first-order valence-corrected chi connectivity index (χ1v) is 7.63. The van der Waals surface area contributed by atoms with Gasteiger partial charge in [-0.05, 0) is 24.3 Å². The summed E-state index contributed by atoms with van der Waals surface area (Å²) >= 11 is 0. The minimum Gasteiger partial charge on any atom is -0.497 e. The van der Waals surface area contributed by atoms with Crippen molar-refractivity contribution in [1.82, 2.24) is 0 Å². The lowest BCUT2D eigenvalue weighted by Crippen LogP contribution is -2.18. The average molecular weight is 325 g/mol. The second-order valence-corrected chi connectivity index (χ2v) is 5.29. The molecule has 3 rings (SSSR count). The molecule has 0 bridgehead atoms. The Kier molecular flexibility index (Phi) is 4.65. The van der Waals surface area contributed by atoms with Gasteiger partial charge >= 0.3 is 0 Å². The highest BCUT2D eigenvalue weighted by Gasteiger charge is 2.18. The van der Waals surface area contributed by atoms with E-state index in [-0.39, 0.29) is 5.91 Å². The molecule has 6 nitrogen and oxygen atoms in total. The molecular weight excluding hydrogens is 306 g/mol. The highest BCUT2D eigenvalue weighted by atomic mass is 16.5. The first-order chi connectivity index (χ1) is 11.7. The summed E-state index contributed by atoms with van der Waals surface area (Å²) in [6.45, 7) is 0.512. The molecule has 6 heteroatoms. The molecule has 1 N–H and O–H groups in total. The Morgan fingerprint density at radius 1 is 1.17 bits per heavy atom. The number of nitrogens with one attached hydrogen (secondary N) is 1. The number of methoxy groups -OCH3 is 2. The molecule has 1 heterocycles. The Bertz CT molecular complexity index is 774. The summed E-state index contributed by atoms with van der Waals surface area (Å²) in [5.74, 6) is 1.39. The van der Waals surface area contributed by atoms with Crippen molar-refractivity contribution >= 4 is 23.5 Å². The van der Waals surface area contributed by atoms with Crippen molar-refractivity contribution in [2.45, 2.75) is 6.42 Å². The number of carbonyl (C=O) groups excluding carboxylic acids is 1. The van der Waals surface area contributed by atoms with E-state index in [0.29, 0.717) is 18.7 Å². The number of hydrogen-bond donors (Lipinski definition) is 1. The minimum atomic E-state index is -0.0119. The Morgan fingerprint density at radius 3 is 2.79 bits per heavy atom. The highest BCUT2D eigenvalue weighted by molar-refractivity contribution is 5.96. The number of amides is 1. The van der Waals surface area contributed by atoms with Crippen molar-refractivity contribution in [2.24, 2.45) is 5.10 Å². The Morgan fingerprint density at radius 2 is 2.00 bits per heavy atom. The van der Waals surface area contributed by atoms with Crippen LogP contribution in [0, 0.1) is 0 Å². The van der Waals surface area contributed by atoms with Gasteiger partial charge in [-0.1, -0.05) is 12.1 Å². The van der Waals surface area contributed by atoms with E-state index in [1.807, 2.05) is 47.5 Å². The lowest BCUT2D eigenvalue weighted by molar-refractivity contribution is -0.115. The fraction of sp³-hybridized carbons (Fsp3) is 0.222. The number of hydrogen-bond acceptors (Lipinski definition) is 5. The van der Waals surface area contributed by atoms with Gasteiger partial charge in [0.1, 0.15) is 11.5 Å². The molecule has 0 fully saturated rings. The van der Waals surface area contributed by atoms with Crippen LogP contribution in [-0.2, 0) is 4.79 Å². The van der Waals surface area contributed by atoms with Crippen molar-refractivity contribution in [3.8, 4) is 11.5 Å². The van der Waals surface area contributed by atoms with Crippen LogP contribution in [-0.4, -0.2) is 32.9 Å². The van der Waals surface area contributed by atoms with Crippen LogP contribution in [0.15, 0.2) is 47.6 Å². The first-order valence-electron chi connectivity index (χ1n) is 7.63. The second-order valence-electron chi connectivity index (χ2n) is 5.29. The van der Waals surface area contributed by atoms with E-state index >= 15 is 0 Å². The predicted molar refractivity (Wildman–Crippen MR) is 94.2 cm³/mol. The standard InChI is InChI=1S/C18H19N3O3/c1-23-14-8-7-13(17(11-14)24-2)12-19-21-10-9-18(22)20-15-5-3-4-6-16(15)21/h3-8,11-12H,9-10H2,1-2H3,(H,20,22)/b19-12-. The van der Waals surface area contributed by atoms with Crippen LogP contribution in [0.5, 0.6) is 11.5 Å². The zero-order valence-electron chi connectivity index (χ0n) is 13.7. The van der Waals surface area contributed by atoms with Gasteiger partial charge in [0.25, 0.3) is 0 Å². The average Bonchev–Trinajstić information content (AvgIpc) is 2.78. The van der Waals surface area contributed by atoms with Gasteiger partial charge in [0.15, 0.2) is 0 Å². The SMILES string of the molecule is COc1ccc(/C=N\N2CCC(=O)Nc3ccccc32)c(OC)c1. The third kappa shape index (κ3) is 3.32. The summed E-state index contributed by atoms with van der Waals surface area (Å²) in [5, 5.41) is 9.26. The zero-order chi connectivity index (χ0) is 16.9. The summed E-state index contributed by atoms with van der Waals surface area (Å²) < 4.78 is 10.6. The third-order valence-corrected chi connectivity index (χ3v) is 3.78. The molecule has 0 saturated carbocycles. The van der Waals surface area contributed by atoms with Crippen LogP contribution >= 0.6 is 0 Å². The van der Waals surface area contributed by atoms with Gasteiger partial charge in [0.2, 0.25) is 5.91 Å². The molecule has 0 spiro atoms. The fourth-order valence-electron chi connectivity index (χ4n) is 2.52. The summed E-state index contributed by atoms with van der Waals surface area (Å²) in [6, 6.07) is 13.2. The number of ether oxygens (including phenoxy) is 2. The van der Waals surface area contributed by atoms with Gasteiger partial charge in [0, 0.05) is 18.1 Å². The topological polar surface area (TPSA) is 63.2 Å². The molecule has 0 aliphatic carbocycles. The molecular formula is C18H19N3O3. The molecule has 0 atom stereocenters. The van der Waals surface area contributed by atoms with Gasteiger partial charge < -0.3 is 14.8 Å². The smallest absolute Gasteiger partial charge is 0.226 e. The van der Waals surface area contributed by atoms with Crippen molar-refractivity contribution in [2.75, 3.05) is 31.1 Å². The van der Waals surface area contributed by atoms with E-state index in [1.165, 1.54) is 0 Å². The predicted octanol–water partition coefficient (Wildman–Crippen LogP) is 2.89. The van der Waals surface area contributed by atoms with Crippen LogP contribution in [0.2, 0.25) is 0 Å². The molecule has 1 amide bonds. The number of carbonyl (C=O) groups is 1. The quantitative estimate of drug-likeness (QED) is 0.878. The summed E-state index contributed by atoms with van der Waals surface area (Å²) in [6.07, 6.45) is 2.11. The highest BCUT2D eigenvalue weighted by Crippen LogP contribution is 2.29. The van der Waals surface area contributed by atoms with Crippen molar-refractivity contribution in [3.05, 3.63) is 48.0 Å². The Balaban J connectivity index is 1.90. The van der Waals surface area contributed by atoms with E-state index < -0.39 is 0 Å². The lowest BCUT2D eigenvalue weighted by atomic mass is 10.2. The van der Waals surface area contributed by atoms with Gasteiger partial charge in [-0.2, -0.15) is 5.10 Å². The number of para-hydroxylation sites is 2. The fourth-order valence-corrected chi connectivity index (χ4v) is 2.52. The molecule has 0 aromatic heterocycles. The van der Waals surface area contributed by atoms with Gasteiger partial charge in [0.05, 0.1) is 38.4 Å². The molecule has 1 aliphatic heterocycles. The largest absolute Gasteiger partial charge is 0.497 e. The molecule has 2 aromatic carbocycles. The molecule has 2 aromatic rings. The molecule has 1 aliphatic rings. The molecule has 24 heavy (non-hydrogen) atoms. The van der Waals surface area contributed by atoms with Crippen LogP contribution in [0.1, 0.15) is 12.0 Å². The van der Waals surface area contributed by atoms with E-state index in [1.54, 1.807) is 20.4 Å². The van der Waals surface area contributed by atoms with E-state index in [2.05, 4.69) is 10.4 Å². The number of benzene rings is 2. The van der Waals surface area contributed by atoms with Gasteiger partial charge in [-0.15, -0.1) is 0 Å². The van der Waals surface area contributed by atoms with Crippen LogP contribution in [0.4, 0.5) is 11.4 Å². The summed E-state index contributed by atoms with van der Waals surface area (Å²) in [4.78, 5) is 11.8. The number of fused-ring (bicyclic) bond motifs is 1. The van der Waals surface area contributed by atoms with Crippen molar-refractivity contribution in [3.63, 3.8) is 0 Å². The maximum absolute atomic E-state index is 11.8. The number of rotatable bonds is 4. The first kappa shape index (κ1) is 15.9.